The first-order chi connectivity index (χ1) is 11.9. The molecule has 3 rings (SSSR count). The molecule has 25 heavy (non-hydrogen) atoms. The lowest BCUT2D eigenvalue weighted by Crippen LogP contribution is -2.23. The number of aryl methyl sites for hydroxylation is 2. The van der Waals surface area contributed by atoms with Crippen molar-refractivity contribution in [2.45, 2.75) is 46.7 Å². The minimum absolute atomic E-state index is 0.0683. The number of benzene rings is 1. The van der Waals surface area contributed by atoms with Crippen LogP contribution in [0.5, 0.6) is 0 Å². The molecular formula is C18H21N3O4. The lowest BCUT2D eigenvalue weighted by atomic mass is 10.00. The van der Waals surface area contributed by atoms with E-state index < -0.39 is 5.76 Å². The zero-order chi connectivity index (χ0) is 18.3. The highest BCUT2D eigenvalue weighted by molar-refractivity contribution is 6.11. The first-order valence-corrected chi connectivity index (χ1v) is 8.34. The minimum atomic E-state index is -0.437. The van der Waals surface area contributed by atoms with Gasteiger partial charge in [0.25, 0.3) is 5.56 Å². The third-order valence-corrected chi connectivity index (χ3v) is 4.33. The molecule has 1 N–H and O–H groups in total. The van der Waals surface area contributed by atoms with Crippen molar-refractivity contribution in [1.29, 1.82) is 0 Å². The van der Waals surface area contributed by atoms with Gasteiger partial charge in [-0.25, -0.2) is 4.79 Å². The van der Waals surface area contributed by atoms with Crippen molar-refractivity contribution in [2.24, 2.45) is 0 Å². The second-order valence-electron chi connectivity index (χ2n) is 6.39. The number of aromatic nitrogens is 3. The molecule has 0 fully saturated rings. The van der Waals surface area contributed by atoms with E-state index in [0.717, 1.165) is 6.42 Å². The standard InChI is InChI=1S/C18H21N3O4/c1-5-8-20-15-11(4)12(6-7-14(15)25-18(20)24)16(22)13-9-19-21(10(2)3)17(13)23/h6-7,9-10,19H,5,8H2,1-4H3. The smallest absolute Gasteiger partial charge is 0.408 e. The Balaban J connectivity index is 2.18. The number of carbonyl (C=O) groups is 1. The van der Waals surface area contributed by atoms with Crippen LogP contribution in [-0.2, 0) is 6.54 Å². The summed E-state index contributed by atoms with van der Waals surface area (Å²) >= 11 is 0. The normalized spacial score (nSPS) is 11.6. The van der Waals surface area contributed by atoms with Gasteiger partial charge in [-0.1, -0.05) is 6.92 Å². The number of nitrogens with one attached hydrogen (secondary N) is 1. The van der Waals surface area contributed by atoms with Crippen LogP contribution in [0, 0.1) is 6.92 Å². The molecule has 0 saturated heterocycles. The Labute approximate surface area is 143 Å². The first-order valence-electron chi connectivity index (χ1n) is 8.34. The van der Waals surface area contributed by atoms with Crippen molar-refractivity contribution < 1.29 is 9.21 Å². The minimum Gasteiger partial charge on any atom is -0.408 e. The number of hydrogen-bond acceptors (Lipinski definition) is 4. The quantitative estimate of drug-likeness (QED) is 0.721. The molecule has 0 aliphatic heterocycles. The first kappa shape index (κ1) is 17.0. The van der Waals surface area contributed by atoms with Crippen LogP contribution in [0.15, 0.2) is 32.3 Å². The molecule has 132 valence electrons. The monoisotopic (exact) mass is 343 g/mol. The average molecular weight is 343 g/mol. The van der Waals surface area contributed by atoms with Gasteiger partial charge in [0.05, 0.1) is 5.52 Å². The predicted molar refractivity (Wildman–Crippen MR) is 94.4 cm³/mol. The highest BCUT2D eigenvalue weighted by atomic mass is 16.4. The fraction of sp³-hybridized carbons (Fsp3) is 0.389. The molecule has 0 amide bonds. The number of oxazole rings is 1. The number of rotatable bonds is 5. The van der Waals surface area contributed by atoms with Crippen molar-refractivity contribution in [2.75, 3.05) is 0 Å². The Morgan fingerprint density at radius 2 is 1.96 bits per heavy atom. The summed E-state index contributed by atoms with van der Waals surface area (Å²) in [4.78, 5) is 37.3. The van der Waals surface area contributed by atoms with E-state index in [1.54, 1.807) is 19.1 Å². The Hall–Kier alpha value is -2.83. The van der Waals surface area contributed by atoms with Crippen molar-refractivity contribution in [3.05, 3.63) is 55.9 Å². The van der Waals surface area contributed by atoms with Crippen molar-refractivity contribution in [3.8, 4) is 0 Å². The van der Waals surface area contributed by atoms with Gasteiger partial charge in [0.2, 0.25) is 5.78 Å². The van der Waals surface area contributed by atoms with E-state index in [-0.39, 0.29) is 22.9 Å². The highest BCUT2D eigenvalue weighted by Crippen LogP contribution is 2.23. The van der Waals surface area contributed by atoms with Gasteiger partial charge < -0.3 is 9.52 Å². The molecule has 2 heterocycles. The zero-order valence-electron chi connectivity index (χ0n) is 14.8. The van der Waals surface area contributed by atoms with E-state index in [2.05, 4.69) is 5.10 Å². The second kappa shape index (κ2) is 6.23. The molecule has 1 aromatic carbocycles. The molecule has 0 unspecified atom stereocenters. The van der Waals surface area contributed by atoms with E-state index >= 15 is 0 Å². The second-order valence-corrected chi connectivity index (χ2v) is 6.39. The van der Waals surface area contributed by atoms with E-state index in [1.165, 1.54) is 15.4 Å². The van der Waals surface area contributed by atoms with Crippen LogP contribution in [-0.4, -0.2) is 20.1 Å². The molecule has 7 nitrogen and oxygen atoms in total. The number of H-pyrrole nitrogens is 1. The number of hydrogen-bond donors (Lipinski definition) is 1. The van der Waals surface area contributed by atoms with Gasteiger partial charge in [-0.05, 0) is 44.9 Å². The maximum Gasteiger partial charge on any atom is 0.419 e. The van der Waals surface area contributed by atoms with E-state index in [4.69, 9.17) is 4.42 Å². The molecule has 0 saturated carbocycles. The summed E-state index contributed by atoms with van der Waals surface area (Å²) in [5.41, 5.74) is 1.82. The lowest BCUT2D eigenvalue weighted by molar-refractivity contribution is 0.103. The molecule has 0 aliphatic carbocycles. The zero-order valence-corrected chi connectivity index (χ0v) is 14.8. The SMILES string of the molecule is CCCn1c(=O)oc2ccc(C(=O)c3c[nH]n(C(C)C)c3=O)c(C)c21. The van der Waals surface area contributed by atoms with E-state index in [9.17, 15) is 14.4 Å². The van der Waals surface area contributed by atoms with Crippen molar-refractivity contribution in [1.82, 2.24) is 14.3 Å². The van der Waals surface area contributed by atoms with Gasteiger partial charge in [0.15, 0.2) is 5.58 Å². The highest BCUT2D eigenvalue weighted by Gasteiger charge is 2.22. The number of fused-ring (bicyclic) bond motifs is 1. The van der Waals surface area contributed by atoms with Gasteiger partial charge in [-0.15, -0.1) is 0 Å². The number of ketones is 1. The van der Waals surface area contributed by atoms with Gasteiger partial charge in [-0.2, -0.15) is 0 Å². The Bertz CT molecular complexity index is 1060. The number of aromatic amines is 1. The summed E-state index contributed by atoms with van der Waals surface area (Å²) in [6.07, 6.45) is 2.20. The predicted octanol–water partition coefficient (Wildman–Crippen LogP) is 2.61. The maximum absolute atomic E-state index is 12.9. The van der Waals surface area contributed by atoms with Gasteiger partial charge in [0, 0.05) is 24.3 Å². The molecule has 0 aliphatic rings. The number of nitrogens with zero attached hydrogens (tertiary/aromatic N) is 2. The summed E-state index contributed by atoms with van der Waals surface area (Å²) in [7, 11) is 0. The van der Waals surface area contributed by atoms with Gasteiger partial charge in [0.1, 0.15) is 5.56 Å². The molecule has 0 radical (unpaired) electrons. The van der Waals surface area contributed by atoms with Crippen molar-refractivity contribution in [3.63, 3.8) is 0 Å². The summed E-state index contributed by atoms with van der Waals surface area (Å²) in [5.74, 6) is -0.801. The summed E-state index contributed by atoms with van der Waals surface area (Å²) in [6, 6.07) is 3.14. The fourth-order valence-corrected chi connectivity index (χ4v) is 3.08. The summed E-state index contributed by atoms with van der Waals surface area (Å²) < 4.78 is 8.20. The topological polar surface area (TPSA) is 90.0 Å². The molecular weight excluding hydrogens is 322 g/mol. The third kappa shape index (κ3) is 2.65. The average Bonchev–Trinajstić information content (AvgIpc) is 3.09. The Morgan fingerprint density at radius 3 is 2.56 bits per heavy atom. The van der Waals surface area contributed by atoms with E-state index in [0.29, 0.717) is 28.8 Å². The third-order valence-electron chi connectivity index (χ3n) is 4.33. The number of carbonyl (C=O) groups excluding carboxylic acids is 1. The molecule has 3 aromatic rings. The molecule has 0 atom stereocenters. The lowest BCUT2D eigenvalue weighted by Gasteiger charge is -2.07. The van der Waals surface area contributed by atoms with Crippen LogP contribution in [0.4, 0.5) is 0 Å². The van der Waals surface area contributed by atoms with Gasteiger partial charge in [-0.3, -0.25) is 18.8 Å². The Morgan fingerprint density at radius 1 is 1.24 bits per heavy atom. The largest absolute Gasteiger partial charge is 0.419 e. The molecule has 7 heteroatoms. The molecule has 0 spiro atoms. The maximum atomic E-state index is 12.9. The van der Waals surface area contributed by atoms with Crippen LogP contribution in [0.2, 0.25) is 0 Å². The van der Waals surface area contributed by atoms with Crippen molar-refractivity contribution >= 4 is 16.9 Å². The molecule has 2 aromatic heterocycles. The van der Waals surface area contributed by atoms with Crippen LogP contribution in [0.1, 0.15) is 54.7 Å². The summed E-state index contributed by atoms with van der Waals surface area (Å²) in [6.45, 7) is 7.96. The van der Waals surface area contributed by atoms with Gasteiger partial charge >= 0.3 is 5.76 Å². The van der Waals surface area contributed by atoms with E-state index in [1.807, 2.05) is 20.8 Å². The fourth-order valence-electron chi connectivity index (χ4n) is 3.08. The molecule has 0 bridgehead atoms. The van der Waals surface area contributed by atoms with Crippen LogP contribution < -0.4 is 11.3 Å². The van der Waals surface area contributed by atoms with Crippen LogP contribution in [0.3, 0.4) is 0 Å². The van der Waals surface area contributed by atoms with Crippen LogP contribution in [0.25, 0.3) is 11.1 Å². The Kier molecular flexibility index (Phi) is 4.24. The summed E-state index contributed by atoms with van der Waals surface area (Å²) in [5, 5.41) is 2.83. The van der Waals surface area contributed by atoms with Crippen LogP contribution >= 0.6 is 0 Å².